The van der Waals surface area contributed by atoms with Gasteiger partial charge in [0, 0.05) is 30.2 Å². The van der Waals surface area contributed by atoms with E-state index in [1.54, 1.807) is 0 Å². The minimum Gasteiger partial charge on any atom is -0.397 e. The second-order valence-corrected chi connectivity index (χ2v) is 8.13. The average molecular weight is 382 g/mol. The Labute approximate surface area is 162 Å². The molecule has 0 saturated carbocycles. The molecule has 0 bridgehead atoms. The number of aromatic nitrogens is 2. The number of anilines is 2. The van der Waals surface area contributed by atoms with Crippen molar-refractivity contribution in [3.05, 3.63) is 46.0 Å². The molecule has 7 heteroatoms. The number of nitrogens with zero attached hydrogens (tertiary/aromatic N) is 3. The lowest BCUT2D eigenvalue weighted by Gasteiger charge is -2.21. The molecule has 1 saturated heterocycles. The number of benzene rings is 1. The molecule has 1 fully saturated rings. The van der Waals surface area contributed by atoms with Gasteiger partial charge in [0.15, 0.2) is 0 Å². The number of nitrogen functional groups attached to an aromatic ring is 1. The highest BCUT2D eigenvalue weighted by Crippen LogP contribution is 2.35. The first kappa shape index (κ1) is 17.7. The molecule has 1 aliphatic heterocycles. The summed E-state index contributed by atoms with van der Waals surface area (Å²) in [6.07, 6.45) is 0.919. The molecular formula is C20H23N5OS. The summed E-state index contributed by atoms with van der Waals surface area (Å²) in [7, 11) is 0. The van der Waals surface area contributed by atoms with Crippen LogP contribution in [0.4, 0.5) is 11.4 Å². The Hall–Kier alpha value is -2.67. The van der Waals surface area contributed by atoms with Crippen LogP contribution in [0.5, 0.6) is 0 Å². The molecule has 1 aromatic carbocycles. The number of thiophene rings is 1. The van der Waals surface area contributed by atoms with Crippen molar-refractivity contribution in [1.82, 2.24) is 15.5 Å². The number of carbonyl (C=O) groups excluding carboxylic acids is 1. The summed E-state index contributed by atoms with van der Waals surface area (Å²) in [4.78, 5) is 16.4. The summed E-state index contributed by atoms with van der Waals surface area (Å²) in [6.45, 7) is 7.72. The molecule has 1 aliphatic rings. The molecule has 2 aromatic heterocycles. The van der Waals surface area contributed by atoms with E-state index in [0.717, 1.165) is 36.2 Å². The van der Waals surface area contributed by atoms with Crippen LogP contribution in [0.3, 0.4) is 0 Å². The minimum atomic E-state index is -0.121. The zero-order chi connectivity index (χ0) is 19.1. The third-order valence-electron chi connectivity index (χ3n) is 5.32. The van der Waals surface area contributed by atoms with Gasteiger partial charge < -0.3 is 16.0 Å². The van der Waals surface area contributed by atoms with Gasteiger partial charge in [-0.1, -0.05) is 18.2 Å². The molecule has 1 atom stereocenters. The molecule has 0 radical (unpaired) electrons. The standard InChI is InChI=1S/C20H23N5OS/c1-11-6-4-5-7-15(11)25-9-8-14(10-25)22-19(26)18-17(21)16-12(2)13(3)23-24-20(16)27-18/h4-7,14H,8-10,21H2,1-3H3,(H,22,26). The van der Waals surface area contributed by atoms with E-state index in [9.17, 15) is 4.79 Å². The van der Waals surface area contributed by atoms with Crippen LogP contribution < -0.4 is 16.0 Å². The van der Waals surface area contributed by atoms with Crippen molar-refractivity contribution >= 4 is 38.8 Å². The number of nitrogens with two attached hydrogens (primary N) is 1. The minimum absolute atomic E-state index is 0.107. The van der Waals surface area contributed by atoms with Crippen molar-refractivity contribution in [2.24, 2.45) is 0 Å². The molecule has 0 aliphatic carbocycles. The fourth-order valence-corrected chi connectivity index (χ4v) is 4.68. The smallest absolute Gasteiger partial charge is 0.263 e. The van der Waals surface area contributed by atoms with E-state index in [2.05, 4.69) is 45.5 Å². The Morgan fingerprint density at radius 2 is 2.04 bits per heavy atom. The van der Waals surface area contributed by atoms with Crippen LogP contribution in [0.2, 0.25) is 0 Å². The number of fused-ring (bicyclic) bond motifs is 1. The molecule has 140 valence electrons. The van der Waals surface area contributed by atoms with Crippen molar-refractivity contribution in [3.8, 4) is 0 Å². The van der Waals surface area contributed by atoms with Crippen LogP contribution in [0.1, 0.15) is 32.9 Å². The van der Waals surface area contributed by atoms with Crippen molar-refractivity contribution in [3.63, 3.8) is 0 Å². The summed E-state index contributed by atoms with van der Waals surface area (Å²) in [5.41, 5.74) is 11.1. The second kappa shape index (κ2) is 6.81. The van der Waals surface area contributed by atoms with E-state index >= 15 is 0 Å². The number of amides is 1. The maximum absolute atomic E-state index is 12.9. The van der Waals surface area contributed by atoms with Gasteiger partial charge >= 0.3 is 0 Å². The molecule has 1 unspecified atom stereocenters. The number of rotatable bonds is 3. The fourth-order valence-electron chi connectivity index (χ4n) is 3.68. The highest BCUT2D eigenvalue weighted by molar-refractivity contribution is 7.21. The molecule has 3 heterocycles. The number of aryl methyl sites for hydroxylation is 3. The third kappa shape index (κ3) is 3.12. The Balaban J connectivity index is 1.52. The number of hydrogen-bond acceptors (Lipinski definition) is 6. The third-order valence-corrected chi connectivity index (χ3v) is 6.41. The van der Waals surface area contributed by atoms with Gasteiger partial charge in [0.05, 0.1) is 11.4 Å². The molecule has 3 N–H and O–H groups in total. The molecule has 6 nitrogen and oxygen atoms in total. The predicted molar refractivity (Wildman–Crippen MR) is 111 cm³/mol. The monoisotopic (exact) mass is 381 g/mol. The predicted octanol–water partition coefficient (Wildman–Crippen LogP) is 3.21. The van der Waals surface area contributed by atoms with Crippen LogP contribution in [0.25, 0.3) is 10.2 Å². The number of nitrogens with one attached hydrogen (secondary N) is 1. The Kier molecular flexibility index (Phi) is 4.47. The van der Waals surface area contributed by atoms with E-state index in [0.29, 0.717) is 15.4 Å². The quantitative estimate of drug-likeness (QED) is 0.728. The van der Waals surface area contributed by atoms with Crippen LogP contribution in [-0.2, 0) is 0 Å². The zero-order valence-corrected chi connectivity index (χ0v) is 16.6. The van der Waals surface area contributed by atoms with Crippen molar-refractivity contribution in [2.45, 2.75) is 33.2 Å². The number of carbonyl (C=O) groups is 1. The lowest BCUT2D eigenvalue weighted by atomic mass is 10.1. The van der Waals surface area contributed by atoms with Gasteiger partial charge in [-0.25, -0.2) is 0 Å². The van der Waals surface area contributed by atoms with E-state index < -0.39 is 0 Å². The van der Waals surface area contributed by atoms with Crippen LogP contribution in [-0.4, -0.2) is 35.2 Å². The average Bonchev–Trinajstić information content (AvgIpc) is 3.23. The fraction of sp³-hybridized carbons (Fsp3) is 0.350. The van der Waals surface area contributed by atoms with E-state index in [4.69, 9.17) is 5.73 Å². The molecule has 0 spiro atoms. The SMILES string of the molecule is Cc1ccccc1N1CCC(NC(=O)c2sc3nnc(C)c(C)c3c2N)C1. The first-order chi connectivity index (χ1) is 13.0. The van der Waals surface area contributed by atoms with Gasteiger partial charge in [-0.3, -0.25) is 4.79 Å². The van der Waals surface area contributed by atoms with Crippen LogP contribution in [0, 0.1) is 20.8 Å². The summed E-state index contributed by atoms with van der Waals surface area (Å²) < 4.78 is 0. The Morgan fingerprint density at radius 1 is 1.26 bits per heavy atom. The summed E-state index contributed by atoms with van der Waals surface area (Å²) in [5.74, 6) is -0.121. The molecule has 3 aromatic rings. The zero-order valence-electron chi connectivity index (χ0n) is 15.7. The van der Waals surface area contributed by atoms with Crippen molar-refractivity contribution < 1.29 is 4.79 Å². The molecule has 4 rings (SSSR count). The van der Waals surface area contributed by atoms with Gasteiger partial charge in [0.1, 0.15) is 9.71 Å². The van der Waals surface area contributed by atoms with Crippen LogP contribution >= 0.6 is 11.3 Å². The number of para-hydroxylation sites is 1. The van der Waals surface area contributed by atoms with Gasteiger partial charge in [-0.2, -0.15) is 5.10 Å². The molecule has 1 amide bonds. The molecule has 27 heavy (non-hydrogen) atoms. The van der Waals surface area contributed by atoms with E-state index in [1.807, 2.05) is 19.9 Å². The Bertz CT molecular complexity index is 1030. The van der Waals surface area contributed by atoms with Crippen LogP contribution in [0.15, 0.2) is 24.3 Å². The summed E-state index contributed by atoms with van der Waals surface area (Å²) in [6, 6.07) is 8.45. The Morgan fingerprint density at radius 3 is 2.81 bits per heavy atom. The summed E-state index contributed by atoms with van der Waals surface area (Å²) in [5, 5.41) is 12.3. The maximum Gasteiger partial charge on any atom is 0.263 e. The first-order valence-corrected chi connectivity index (χ1v) is 9.90. The molecular weight excluding hydrogens is 358 g/mol. The van der Waals surface area contributed by atoms with Gasteiger partial charge in [0.2, 0.25) is 0 Å². The normalized spacial score (nSPS) is 16.9. The highest BCUT2D eigenvalue weighted by Gasteiger charge is 2.27. The van der Waals surface area contributed by atoms with Gasteiger partial charge in [0.25, 0.3) is 5.91 Å². The van der Waals surface area contributed by atoms with Crippen molar-refractivity contribution in [2.75, 3.05) is 23.7 Å². The van der Waals surface area contributed by atoms with Gasteiger partial charge in [-0.05, 0) is 44.4 Å². The second-order valence-electron chi connectivity index (χ2n) is 7.13. The topological polar surface area (TPSA) is 84.1 Å². The summed E-state index contributed by atoms with van der Waals surface area (Å²) >= 11 is 1.31. The maximum atomic E-state index is 12.9. The van der Waals surface area contributed by atoms with Crippen molar-refractivity contribution in [1.29, 1.82) is 0 Å². The van der Waals surface area contributed by atoms with Gasteiger partial charge in [-0.15, -0.1) is 16.4 Å². The number of hydrogen-bond donors (Lipinski definition) is 2. The first-order valence-electron chi connectivity index (χ1n) is 9.09. The lowest BCUT2D eigenvalue weighted by Crippen LogP contribution is -2.37. The van der Waals surface area contributed by atoms with E-state index in [1.165, 1.54) is 22.6 Å². The largest absolute Gasteiger partial charge is 0.397 e. The lowest BCUT2D eigenvalue weighted by molar-refractivity contribution is 0.0945. The van der Waals surface area contributed by atoms with E-state index in [-0.39, 0.29) is 11.9 Å². The highest BCUT2D eigenvalue weighted by atomic mass is 32.1.